The lowest BCUT2D eigenvalue weighted by Gasteiger charge is -1.93. The lowest BCUT2D eigenvalue weighted by atomic mass is 10.3. The first-order valence-electron chi connectivity index (χ1n) is 5.11. The van der Waals surface area contributed by atoms with Crippen LogP contribution in [0.3, 0.4) is 0 Å². The Morgan fingerprint density at radius 1 is 1.36 bits per heavy atom. The van der Waals surface area contributed by atoms with Crippen molar-refractivity contribution in [2.45, 2.75) is 39.3 Å². The van der Waals surface area contributed by atoms with Crippen LogP contribution in [0.4, 0.5) is 0 Å². The van der Waals surface area contributed by atoms with E-state index in [0.717, 1.165) is 26.1 Å². The minimum atomic E-state index is 0. The summed E-state index contributed by atoms with van der Waals surface area (Å²) in [6, 6.07) is 0. The van der Waals surface area contributed by atoms with Crippen LogP contribution < -0.4 is 34.3 Å². The summed E-state index contributed by atoms with van der Waals surface area (Å²) in [6.07, 6.45) is 9.97. The quantitative estimate of drug-likeness (QED) is 0.475. The Morgan fingerprint density at radius 2 is 2.14 bits per heavy atom. The second kappa shape index (κ2) is 8.23. The van der Waals surface area contributed by atoms with Gasteiger partial charge in [0, 0.05) is 0 Å². The van der Waals surface area contributed by atoms with Gasteiger partial charge in [0.1, 0.15) is 12.4 Å². The van der Waals surface area contributed by atoms with Crippen molar-refractivity contribution in [3.05, 3.63) is 18.7 Å². The highest BCUT2D eigenvalue weighted by atomic mass is 127. The van der Waals surface area contributed by atoms with Crippen molar-refractivity contribution in [2.75, 3.05) is 6.54 Å². The van der Waals surface area contributed by atoms with Gasteiger partial charge in [-0.15, -0.1) is 0 Å². The van der Waals surface area contributed by atoms with Crippen molar-refractivity contribution >= 4 is 0 Å². The highest BCUT2D eigenvalue weighted by Crippen LogP contribution is 1.92. The first-order valence-corrected chi connectivity index (χ1v) is 5.11. The van der Waals surface area contributed by atoms with Crippen LogP contribution in [-0.2, 0) is 13.1 Å². The molecule has 0 aromatic carbocycles. The molecule has 1 aromatic heterocycles. The minimum Gasteiger partial charge on any atom is -1.00 e. The summed E-state index contributed by atoms with van der Waals surface area (Å²) in [5, 5.41) is 0. The molecule has 4 heteroatoms. The Kier molecular flexibility index (Phi) is 8.17. The predicted molar refractivity (Wildman–Crippen MR) is 53.2 cm³/mol. The molecule has 0 aliphatic rings. The number of halogens is 1. The van der Waals surface area contributed by atoms with Crippen molar-refractivity contribution in [3.8, 4) is 0 Å². The maximum atomic E-state index is 5.44. The zero-order valence-corrected chi connectivity index (χ0v) is 11.0. The molecule has 0 radical (unpaired) electrons. The van der Waals surface area contributed by atoms with Gasteiger partial charge >= 0.3 is 0 Å². The van der Waals surface area contributed by atoms with E-state index in [1.54, 1.807) is 0 Å². The average molecular weight is 309 g/mol. The van der Waals surface area contributed by atoms with E-state index >= 15 is 0 Å². The fourth-order valence-corrected chi connectivity index (χ4v) is 1.32. The van der Waals surface area contributed by atoms with Gasteiger partial charge < -0.3 is 29.7 Å². The van der Waals surface area contributed by atoms with Gasteiger partial charge in [-0.25, -0.2) is 9.13 Å². The minimum absolute atomic E-state index is 0. The zero-order chi connectivity index (χ0) is 9.52. The average Bonchev–Trinajstić information content (AvgIpc) is 2.59. The van der Waals surface area contributed by atoms with Gasteiger partial charge in [-0.05, 0) is 19.4 Å². The fraction of sp³-hybridized carbons (Fsp3) is 0.700. The van der Waals surface area contributed by atoms with Crippen LogP contribution >= 0.6 is 0 Å². The van der Waals surface area contributed by atoms with Gasteiger partial charge in [-0.3, -0.25) is 0 Å². The summed E-state index contributed by atoms with van der Waals surface area (Å²) in [5.74, 6) is 0. The van der Waals surface area contributed by atoms with E-state index in [1.165, 1.54) is 12.8 Å². The van der Waals surface area contributed by atoms with Crippen LogP contribution in [0.2, 0.25) is 0 Å². The highest BCUT2D eigenvalue weighted by Gasteiger charge is 2.01. The lowest BCUT2D eigenvalue weighted by molar-refractivity contribution is -0.696. The molecule has 1 rings (SSSR count). The number of rotatable bonds is 6. The monoisotopic (exact) mass is 309 g/mol. The van der Waals surface area contributed by atoms with Gasteiger partial charge in [0.25, 0.3) is 0 Å². The van der Waals surface area contributed by atoms with Crippen molar-refractivity contribution in [2.24, 2.45) is 5.73 Å². The molecule has 0 atom stereocenters. The number of aryl methyl sites for hydroxylation is 2. The molecule has 14 heavy (non-hydrogen) atoms. The molecule has 0 saturated heterocycles. The van der Waals surface area contributed by atoms with Crippen LogP contribution in [0.15, 0.2) is 18.7 Å². The van der Waals surface area contributed by atoms with Crippen LogP contribution in [0.5, 0.6) is 0 Å². The summed E-state index contributed by atoms with van der Waals surface area (Å²) in [5.41, 5.74) is 5.44. The summed E-state index contributed by atoms with van der Waals surface area (Å²) in [6.45, 7) is 5.15. The molecule has 1 aromatic rings. The molecule has 0 bridgehead atoms. The summed E-state index contributed by atoms with van der Waals surface area (Å²) in [4.78, 5) is 0. The maximum absolute atomic E-state index is 5.44. The largest absolute Gasteiger partial charge is 1.00 e. The van der Waals surface area contributed by atoms with Crippen molar-refractivity contribution < 1.29 is 28.5 Å². The molecule has 2 N–H and O–H groups in total. The molecule has 0 unspecified atom stereocenters. The number of hydrogen-bond acceptors (Lipinski definition) is 1. The fourth-order valence-electron chi connectivity index (χ4n) is 1.32. The molecular weight excluding hydrogens is 289 g/mol. The van der Waals surface area contributed by atoms with Gasteiger partial charge in [0.05, 0.1) is 13.1 Å². The predicted octanol–water partition coefficient (Wildman–Crippen LogP) is -2.07. The smallest absolute Gasteiger partial charge is 0.243 e. The molecule has 82 valence electrons. The van der Waals surface area contributed by atoms with Crippen molar-refractivity contribution in [3.63, 3.8) is 0 Å². The lowest BCUT2D eigenvalue weighted by Crippen LogP contribution is -3.00. The third-order valence-electron chi connectivity index (χ3n) is 2.14. The number of imidazole rings is 1. The summed E-state index contributed by atoms with van der Waals surface area (Å²) < 4.78 is 4.43. The standard InChI is InChI=1S/C10H20N3.HI/c1-2-3-6-12-8-9-13(10-12)7-4-5-11;/h8-10H,2-7,11H2,1H3;1H/q+1;/p-1. The van der Waals surface area contributed by atoms with Gasteiger partial charge in [0.2, 0.25) is 6.33 Å². The van der Waals surface area contributed by atoms with Crippen LogP contribution in [-0.4, -0.2) is 11.1 Å². The molecule has 3 nitrogen and oxygen atoms in total. The second-order valence-corrected chi connectivity index (χ2v) is 3.39. The molecule has 0 fully saturated rings. The summed E-state index contributed by atoms with van der Waals surface area (Å²) >= 11 is 0. The van der Waals surface area contributed by atoms with Crippen LogP contribution in [0, 0.1) is 0 Å². The molecular formula is C10H20IN3. The Hall–Kier alpha value is -0.100. The molecule has 0 spiro atoms. The Bertz CT molecular complexity index is 213. The molecule has 0 aliphatic heterocycles. The summed E-state index contributed by atoms with van der Waals surface area (Å²) in [7, 11) is 0. The third kappa shape index (κ3) is 4.95. The van der Waals surface area contributed by atoms with E-state index in [-0.39, 0.29) is 24.0 Å². The number of aromatic nitrogens is 2. The number of nitrogens with zero attached hydrogens (tertiary/aromatic N) is 2. The first-order chi connectivity index (χ1) is 6.36. The van der Waals surface area contributed by atoms with E-state index in [4.69, 9.17) is 5.73 Å². The topological polar surface area (TPSA) is 34.8 Å². The Morgan fingerprint density at radius 3 is 2.79 bits per heavy atom. The molecule has 1 heterocycles. The van der Waals surface area contributed by atoms with E-state index in [2.05, 4.69) is 34.8 Å². The van der Waals surface area contributed by atoms with Gasteiger partial charge in [0.15, 0.2) is 0 Å². The van der Waals surface area contributed by atoms with E-state index in [0.29, 0.717) is 0 Å². The van der Waals surface area contributed by atoms with Gasteiger partial charge in [-0.1, -0.05) is 13.3 Å². The highest BCUT2D eigenvalue weighted by molar-refractivity contribution is 4.65. The zero-order valence-electron chi connectivity index (χ0n) is 8.82. The van der Waals surface area contributed by atoms with E-state index < -0.39 is 0 Å². The second-order valence-electron chi connectivity index (χ2n) is 3.39. The van der Waals surface area contributed by atoms with E-state index in [9.17, 15) is 0 Å². The Balaban J connectivity index is 0.00000169. The maximum Gasteiger partial charge on any atom is 0.243 e. The number of nitrogens with two attached hydrogens (primary N) is 1. The third-order valence-corrected chi connectivity index (χ3v) is 2.14. The number of hydrogen-bond donors (Lipinski definition) is 1. The molecule has 0 amide bonds. The van der Waals surface area contributed by atoms with Gasteiger partial charge in [-0.2, -0.15) is 0 Å². The van der Waals surface area contributed by atoms with E-state index in [1.807, 2.05) is 0 Å². The number of unbranched alkanes of at least 4 members (excludes halogenated alkanes) is 1. The molecule has 0 aliphatic carbocycles. The Labute approximate surface area is 103 Å². The first kappa shape index (κ1) is 13.9. The normalized spacial score (nSPS) is 9.86. The van der Waals surface area contributed by atoms with Crippen LogP contribution in [0.25, 0.3) is 0 Å². The van der Waals surface area contributed by atoms with Crippen molar-refractivity contribution in [1.82, 2.24) is 4.57 Å². The van der Waals surface area contributed by atoms with Crippen LogP contribution in [0.1, 0.15) is 26.2 Å². The SMILES string of the molecule is CCCCn1cc[n+](CCCN)c1.[I-]. The van der Waals surface area contributed by atoms with Crippen molar-refractivity contribution in [1.29, 1.82) is 0 Å². The molecule has 0 saturated carbocycles.